The molecule has 0 bridgehead atoms. The van der Waals surface area contributed by atoms with Gasteiger partial charge in [-0.2, -0.15) is 0 Å². The number of benzene rings is 2. The van der Waals surface area contributed by atoms with Gasteiger partial charge in [0.05, 0.1) is 13.2 Å². The fraction of sp³-hybridized carbons (Fsp3) is 0.659. The number of aliphatic hydroxyl groups excluding tert-OH is 1. The zero-order chi connectivity index (χ0) is 36.0. The van der Waals surface area contributed by atoms with Crippen LogP contribution in [0.15, 0.2) is 49.1 Å². The molecule has 2 aromatic carbocycles. The van der Waals surface area contributed by atoms with E-state index in [0.29, 0.717) is 63.4 Å². The van der Waals surface area contributed by atoms with E-state index < -0.39 is 24.4 Å². The van der Waals surface area contributed by atoms with Gasteiger partial charge in [0.1, 0.15) is 48.6 Å². The van der Waals surface area contributed by atoms with E-state index in [4.69, 9.17) is 44.8 Å². The number of rotatable bonds is 27. The van der Waals surface area contributed by atoms with Gasteiger partial charge in [-0.3, -0.25) is 0 Å². The maximum absolute atomic E-state index is 9.22. The van der Waals surface area contributed by atoms with Crippen LogP contribution in [0.3, 0.4) is 0 Å². The summed E-state index contributed by atoms with van der Waals surface area (Å²) in [6, 6.07) is 12.1. The molecule has 1 aliphatic rings. The molecule has 3 rings (SSSR count). The number of halogens is 1. The minimum Gasteiger partial charge on any atom is -0.494 e. The van der Waals surface area contributed by atoms with E-state index in [0.717, 1.165) is 80.2 Å². The molecule has 1 N–H and O–H groups in total. The van der Waals surface area contributed by atoms with Crippen LogP contribution < -0.4 is 9.47 Å². The molecular weight excluding hydrogens is 656 g/mol. The molecular formula is C41H63ClO8. The van der Waals surface area contributed by atoms with Gasteiger partial charge in [0.15, 0.2) is 0 Å². The molecule has 0 radical (unpaired) electrons. The minimum absolute atomic E-state index is 0.189. The van der Waals surface area contributed by atoms with Crippen molar-refractivity contribution in [1.29, 1.82) is 0 Å². The second-order valence-electron chi connectivity index (χ2n) is 12.9. The Kier molecular flexibility index (Phi) is 21.1. The fourth-order valence-corrected chi connectivity index (χ4v) is 6.22. The topological polar surface area (TPSA) is 84.8 Å². The zero-order valence-electron chi connectivity index (χ0n) is 31.0. The van der Waals surface area contributed by atoms with E-state index >= 15 is 0 Å². The normalized spacial score (nSPS) is 20.6. The van der Waals surface area contributed by atoms with Crippen molar-refractivity contribution in [2.24, 2.45) is 0 Å². The zero-order valence-corrected chi connectivity index (χ0v) is 31.8. The highest BCUT2D eigenvalue weighted by atomic mass is 35.5. The first-order valence-electron chi connectivity index (χ1n) is 19.0. The first-order chi connectivity index (χ1) is 24.5. The summed E-state index contributed by atoms with van der Waals surface area (Å²) in [4.78, 5) is 0. The molecule has 0 unspecified atom stereocenters. The van der Waals surface area contributed by atoms with E-state index in [1.54, 1.807) is 6.08 Å². The molecule has 1 fully saturated rings. The summed E-state index contributed by atoms with van der Waals surface area (Å²) >= 11 is 6.96. The lowest BCUT2D eigenvalue weighted by Gasteiger charge is -2.46. The van der Waals surface area contributed by atoms with Gasteiger partial charge in [0.2, 0.25) is 0 Å². The molecule has 1 aliphatic heterocycles. The highest BCUT2D eigenvalue weighted by molar-refractivity contribution is 6.31. The third-order valence-corrected chi connectivity index (χ3v) is 9.11. The number of hydrogen-bond acceptors (Lipinski definition) is 8. The van der Waals surface area contributed by atoms with E-state index in [2.05, 4.69) is 45.5 Å². The van der Waals surface area contributed by atoms with Crippen LogP contribution in [0.25, 0.3) is 0 Å². The Hall–Kier alpha value is -2.17. The summed E-state index contributed by atoms with van der Waals surface area (Å²) in [5, 5.41) is 9.83. The third-order valence-electron chi connectivity index (χ3n) is 8.76. The van der Waals surface area contributed by atoms with E-state index in [1.807, 2.05) is 25.1 Å². The molecule has 8 nitrogen and oxygen atoms in total. The van der Waals surface area contributed by atoms with Crippen LogP contribution in [-0.2, 0) is 30.1 Å². The Bertz CT molecular complexity index is 1190. The van der Waals surface area contributed by atoms with Gasteiger partial charge in [-0.25, -0.2) is 0 Å². The summed E-state index contributed by atoms with van der Waals surface area (Å²) in [6.45, 7) is 16.1. The Morgan fingerprint density at radius 1 is 0.780 bits per heavy atom. The van der Waals surface area contributed by atoms with Crippen molar-refractivity contribution in [1.82, 2.24) is 0 Å². The molecule has 9 heteroatoms. The first-order valence-corrected chi connectivity index (χ1v) is 19.3. The number of aliphatic hydroxyl groups is 1. The smallest absolute Gasteiger partial charge is 0.127 e. The van der Waals surface area contributed by atoms with Crippen molar-refractivity contribution in [2.45, 2.75) is 122 Å². The maximum Gasteiger partial charge on any atom is 0.127 e. The molecule has 0 amide bonds. The van der Waals surface area contributed by atoms with Crippen molar-refractivity contribution in [3.63, 3.8) is 0 Å². The van der Waals surface area contributed by atoms with Gasteiger partial charge < -0.3 is 38.3 Å². The standard InChI is InChI=1S/C41H63ClO8/c1-6-11-24-47-39-37(30-44-23-16-14-15-21-43)50-38(40(48-25-12-7-2)41(39)49-26-13-8-3)34-28-32(35(42)29-36(34)46-22-9-4)27-31-17-19-33(20-18-31)45-10-5/h9,17-20,28-29,37-41,43H,4,6-8,10-16,21-27,30H2,1-3,5H3/t37-,38+,39-,40+,41+/m1/s1. The van der Waals surface area contributed by atoms with Crippen molar-refractivity contribution in [3.8, 4) is 11.5 Å². The molecule has 282 valence electrons. The lowest BCUT2D eigenvalue weighted by Crippen LogP contribution is -2.58. The van der Waals surface area contributed by atoms with Gasteiger partial charge in [-0.05, 0) is 87.3 Å². The number of unbranched alkanes of at least 4 members (excludes halogenated alkanes) is 5. The average molecular weight is 719 g/mol. The molecule has 1 heterocycles. The Morgan fingerprint density at radius 3 is 2.06 bits per heavy atom. The largest absolute Gasteiger partial charge is 0.494 e. The van der Waals surface area contributed by atoms with Crippen LogP contribution >= 0.6 is 11.6 Å². The van der Waals surface area contributed by atoms with Crippen LogP contribution in [0, 0.1) is 0 Å². The highest BCUT2D eigenvalue weighted by Crippen LogP contribution is 2.43. The summed E-state index contributed by atoms with van der Waals surface area (Å²) in [5.74, 6) is 1.46. The molecule has 0 aliphatic carbocycles. The van der Waals surface area contributed by atoms with Crippen LogP contribution in [0.5, 0.6) is 11.5 Å². The second-order valence-corrected chi connectivity index (χ2v) is 13.3. The van der Waals surface area contributed by atoms with Gasteiger partial charge >= 0.3 is 0 Å². The number of hydrogen-bond donors (Lipinski definition) is 1. The SMILES string of the molecule is C=CCOc1cc(Cl)c(Cc2ccc(OCC)cc2)cc1[C@@H]1O[C@H](COCCCCCO)[C@@H](OCCCC)[C@H](OCCCC)[C@H]1OCCCC. The molecule has 0 saturated carbocycles. The van der Waals surface area contributed by atoms with Crippen molar-refractivity contribution >= 4 is 11.6 Å². The van der Waals surface area contributed by atoms with E-state index in [9.17, 15) is 5.11 Å². The van der Waals surface area contributed by atoms with Gasteiger partial charge in [0, 0.05) is 43.6 Å². The summed E-state index contributed by atoms with van der Waals surface area (Å²) in [5.41, 5.74) is 2.91. The third kappa shape index (κ3) is 13.8. The Morgan fingerprint density at radius 2 is 1.44 bits per heavy atom. The predicted molar refractivity (Wildman–Crippen MR) is 201 cm³/mol. The van der Waals surface area contributed by atoms with Crippen LogP contribution in [0.2, 0.25) is 5.02 Å². The lowest BCUT2D eigenvalue weighted by atomic mass is 9.88. The Labute approximate surface area is 306 Å². The van der Waals surface area contributed by atoms with Crippen molar-refractivity contribution in [2.75, 3.05) is 52.9 Å². The predicted octanol–water partition coefficient (Wildman–Crippen LogP) is 9.07. The van der Waals surface area contributed by atoms with E-state index in [-0.39, 0.29) is 12.7 Å². The van der Waals surface area contributed by atoms with Crippen molar-refractivity contribution < 1.29 is 38.3 Å². The summed E-state index contributed by atoms with van der Waals surface area (Å²) in [7, 11) is 0. The van der Waals surface area contributed by atoms with Crippen LogP contribution in [-0.4, -0.2) is 82.4 Å². The van der Waals surface area contributed by atoms with Gasteiger partial charge in [-0.1, -0.05) is 76.4 Å². The fourth-order valence-electron chi connectivity index (χ4n) is 6.00. The molecule has 0 aromatic heterocycles. The van der Waals surface area contributed by atoms with Crippen LogP contribution in [0.1, 0.15) is 108 Å². The summed E-state index contributed by atoms with van der Waals surface area (Å²) in [6.07, 6.45) is 8.51. The Balaban J connectivity index is 2.08. The average Bonchev–Trinajstić information content (AvgIpc) is 3.12. The number of ether oxygens (including phenoxy) is 7. The molecule has 5 atom stereocenters. The van der Waals surface area contributed by atoms with Crippen molar-refractivity contribution in [3.05, 3.63) is 70.8 Å². The molecule has 0 spiro atoms. The molecule has 2 aromatic rings. The lowest BCUT2D eigenvalue weighted by molar-refractivity contribution is -0.268. The first kappa shape index (κ1) is 42.2. The van der Waals surface area contributed by atoms with Gasteiger partial charge in [0.25, 0.3) is 0 Å². The van der Waals surface area contributed by atoms with Gasteiger partial charge in [-0.15, -0.1) is 0 Å². The molecule has 1 saturated heterocycles. The second kappa shape index (κ2) is 24.9. The maximum atomic E-state index is 9.22. The summed E-state index contributed by atoms with van der Waals surface area (Å²) < 4.78 is 45.4. The van der Waals surface area contributed by atoms with E-state index in [1.165, 1.54) is 0 Å². The molecule has 50 heavy (non-hydrogen) atoms. The quantitative estimate of drug-likeness (QED) is 0.0724. The highest BCUT2D eigenvalue weighted by Gasteiger charge is 2.49. The minimum atomic E-state index is -0.538. The monoisotopic (exact) mass is 718 g/mol. The van der Waals surface area contributed by atoms with Crippen LogP contribution in [0.4, 0.5) is 0 Å².